The average Bonchev–Trinajstić information content (AvgIpc) is 2.75. The Kier molecular flexibility index (Phi) is 9.34. The third kappa shape index (κ3) is 5.62. The number of methoxy groups -OCH3 is 3. The third-order valence-electron chi connectivity index (χ3n) is 4.40. The van der Waals surface area contributed by atoms with Gasteiger partial charge in [-0.1, -0.05) is 31.4 Å². The zero-order valence-corrected chi connectivity index (χ0v) is 20.5. The summed E-state index contributed by atoms with van der Waals surface area (Å²) in [5.41, 5.74) is 0.732. The van der Waals surface area contributed by atoms with E-state index in [0.29, 0.717) is 33.0 Å². The van der Waals surface area contributed by atoms with Gasteiger partial charge < -0.3 is 23.7 Å². The van der Waals surface area contributed by atoms with Crippen molar-refractivity contribution in [1.29, 1.82) is 0 Å². The Morgan fingerprint density at radius 2 is 1.93 bits per heavy atom. The number of fused-ring (bicyclic) bond motifs is 1. The van der Waals surface area contributed by atoms with E-state index in [0.717, 1.165) is 15.6 Å². The molecule has 0 aliphatic carbocycles. The summed E-state index contributed by atoms with van der Waals surface area (Å²) in [5, 5.41) is 1.75. The Bertz CT molecular complexity index is 979. The highest BCUT2D eigenvalue weighted by atomic mass is 127. The second-order valence-electron chi connectivity index (χ2n) is 6.40. The molecule has 1 atom stereocenters. The molecule has 0 radical (unpaired) electrons. The molecule has 0 saturated carbocycles. The highest BCUT2D eigenvalue weighted by molar-refractivity contribution is 14.1. The van der Waals surface area contributed by atoms with E-state index in [-0.39, 0.29) is 19.3 Å². The number of hydrogen-bond acceptors (Lipinski definition) is 6. The van der Waals surface area contributed by atoms with Crippen molar-refractivity contribution in [3.05, 3.63) is 26.3 Å². The van der Waals surface area contributed by atoms with Crippen molar-refractivity contribution in [2.75, 3.05) is 28.1 Å². The molecule has 0 saturated heterocycles. The average molecular weight is 547 g/mol. The second-order valence-corrected chi connectivity index (χ2v) is 7.89. The number of esters is 1. The van der Waals surface area contributed by atoms with E-state index < -0.39 is 5.97 Å². The van der Waals surface area contributed by atoms with Crippen molar-refractivity contribution in [1.82, 2.24) is 0 Å². The lowest BCUT2D eigenvalue weighted by atomic mass is 10.0. The first-order valence-corrected chi connectivity index (χ1v) is 10.7. The molecule has 8 heteroatoms. The van der Waals surface area contributed by atoms with E-state index in [2.05, 4.69) is 34.4 Å². The van der Waals surface area contributed by atoms with Crippen LogP contribution in [0.4, 0.5) is 0 Å². The highest BCUT2D eigenvalue weighted by Gasteiger charge is 2.22. The molecular formula is C22H24ClIO6. The zero-order chi connectivity index (χ0) is 22.3. The normalized spacial score (nSPS) is 11.4. The van der Waals surface area contributed by atoms with Crippen LogP contribution in [0.1, 0.15) is 25.8 Å². The maximum absolute atomic E-state index is 12.0. The predicted molar refractivity (Wildman–Crippen MR) is 124 cm³/mol. The molecule has 0 spiro atoms. The van der Waals surface area contributed by atoms with E-state index in [4.69, 9.17) is 35.3 Å². The number of benzene rings is 2. The van der Waals surface area contributed by atoms with Crippen LogP contribution in [0, 0.1) is 21.3 Å². The Labute approximate surface area is 195 Å². The lowest BCUT2D eigenvalue weighted by molar-refractivity contribution is -0.137. The first kappa shape index (κ1) is 24.4. The van der Waals surface area contributed by atoms with Gasteiger partial charge in [0.25, 0.3) is 0 Å². The van der Waals surface area contributed by atoms with Crippen molar-refractivity contribution >= 4 is 50.9 Å². The lowest BCUT2D eigenvalue weighted by Crippen LogP contribution is -2.07. The number of carbonyl (C=O) groups is 1. The highest BCUT2D eigenvalue weighted by Crippen LogP contribution is 2.47. The summed E-state index contributed by atoms with van der Waals surface area (Å²) in [6.45, 7) is 4.01. The molecule has 1 unspecified atom stereocenters. The standard InChI is InChI=1S/C22H24ClIO6/c1-6-13(2)7-8-18(25)29-11-14-9-15-17(27-4)10-16(23)21(28-5)19(15)22(20(14)24)30-12-26-3/h9-10,13H,6,11-12H2,1-5H3. The molecule has 0 aliphatic rings. The molecule has 0 aromatic heterocycles. The summed E-state index contributed by atoms with van der Waals surface area (Å²) < 4.78 is 28.1. The molecule has 0 bridgehead atoms. The molecule has 2 aromatic carbocycles. The van der Waals surface area contributed by atoms with E-state index in [1.807, 2.05) is 19.9 Å². The van der Waals surface area contributed by atoms with Crippen LogP contribution in [0.2, 0.25) is 5.02 Å². The fourth-order valence-electron chi connectivity index (χ4n) is 2.68. The second kappa shape index (κ2) is 11.5. The summed E-state index contributed by atoms with van der Waals surface area (Å²) in [5.74, 6) is 6.46. The molecule has 162 valence electrons. The summed E-state index contributed by atoms with van der Waals surface area (Å²) in [4.78, 5) is 12.0. The van der Waals surface area contributed by atoms with Crippen LogP contribution in [0.25, 0.3) is 10.8 Å². The minimum atomic E-state index is -0.578. The Morgan fingerprint density at radius 1 is 1.20 bits per heavy atom. The molecule has 0 amide bonds. The fraction of sp³-hybridized carbons (Fsp3) is 0.409. The molecule has 0 heterocycles. The maximum Gasteiger partial charge on any atom is 0.384 e. The first-order chi connectivity index (χ1) is 14.4. The van der Waals surface area contributed by atoms with E-state index in [1.165, 1.54) is 14.2 Å². The van der Waals surface area contributed by atoms with Crippen molar-refractivity contribution in [2.45, 2.75) is 26.9 Å². The molecular weight excluding hydrogens is 523 g/mol. The predicted octanol–water partition coefficient (Wildman–Crippen LogP) is 5.19. The largest absolute Gasteiger partial charge is 0.496 e. The van der Waals surface area contributed by atoms with Gasteiger partial charge in [-0.3, -0.25) is 0 Å². The minimum absolute atomic E-state index is 0.0205. The van der Waals surface area contributed by atoms with Crippen LogP contribution in [0.5, 0.6) is 17.2 Å². The van der Waals surface area contributed by atoms with Gasteiger partial charge in [-0.2, -0.15) is 0 Å². The van der Waals surface area contributed by atoms with E-state index in [1.54, 1.807) is 13.2 Å². The molecule has 0 fully saturated rings. The van der Waals surface area contributed by atoms with Gasteiger partial charge in [-0.15, -0.1) is 0 Å². The molecule has 30 heavy (non-hydrogen) atoms. The SMILES string of the molecule is CCC(C)C#CC(=O)OCc1cc2c(OC)cc(Cl)c(OC)c2c(OCOC)c1I. The molecule has 2 rings (SSSR count). The molecule has 2 aromatic rings. The van der Waals surface area contributed by atoms with Crippen molar-refractivity contribution in [2.24, 2.45) is 5.92 Å². The summed E-state index contributed by atoms with van der Waals surface area (Å²) in [6.07, 6.45) is 0.868. The lowest BCUT2D eigenvalue weighted by Gasteiger charge is -2.19. The van der Waals surface area contributed by atoms with Crippen LogP contribution in [-0.2, 0) is 20.9 Å². The van der Waals surface area contributed by atoms with E-state index >= 15 is 0 Å². The number of carbonyl (C=O) groups excluding carboxylic acids is 1. The van der Waals surface area contributed by atoms with Crippen LogP contribution in [-0.4, -0.2) is 34.1 Å². The summed E-state index contributed by atoms with van der Waals surface area (Å²) >= 11 is 8.52. The van der Waals surface area contributed by atoms with Gasteiger partial charge in [0.1, 0.15) is 23.9 Å². The molecule has 6 nitrogen and oxygen atoms in total. The number of hydrogen-bond donors (Lipinski definition) is 0. The third-order valence-corrected chi connectivity index (χ3v) is 5.86. The quantitative estimate of drug-likeness (QED) is 0.149. The summed E-state index contributed by atoms with van der Waals surface area (Å²) in [6, 6.07) is 3.53. The van der Waals surface area contributed by atoms with Gasteiger partial charge in [0.2, 0.25) is 0 Å². The fourth-order valence-corrected chi connectivity index (χ4v) is 3.68. The van der Waals surface area contributed by atoms with Crippen molar-refractivity contribution in [3.8, 4) is 29.1 Å². The Hall–Kier alpha value is -1.89. The first-order valence-electron chi connectivity index (χ1n) is 9.23. The van der Waals surface area contributed by atoms with Gasteiger partial charge in [-0.25, -0.2) is 4.79 Å². The topological polar surface area (TPSA) is 63.2 Å². The van der Waals surface area contributed by atoms with E-state index in [9.17, 15) is 4.79 Å². The minimum Gasteiger partial charge on any atom is -0.496 e. The number of halogens is 2. The van der Waals surface area contributed by atoms with Gasteiger partial charge in [0, 0.05) is 36.0 Å². The van der Waals surface area contributed by atoms with Crippen molar-refractivity contribution in [3.63, 3.8) is 0 Å². The smallest absolute Gasteiger partial charge is 0.384 e. The van der Waals surface area contributed by atoms with Gasteiger partial charge >= 0.3 is 5.97 Å². The Balaban J connectivity index is 2.55. The Morgan fingerprint density at radius 3 is 2.53 bits per heavy atom. The summed E-state index contributed by atoms with van der Waals surface area (Å²) in [7, 11) is 4.61. The van der Waals surface area contributed by atoms with Crippen LogP contribution < -0.4 is 14.2 Å². The van der Waals surface area contributed by atoms with Crippen molar-refractivity contribution < 1.29 is 28.5 Å². The van der Waals surface area contributed by atoms with Crippen LogP contribution in [0.3, 0.4) is 0 Å². The van der Waals surface area contributed by atoms with Gasteiger partial charge in [-0.05, 0) is 35.1 Å². The number of ether oxygens (including phenoxy) is 5. The zero-order valence-electron chi connectivity index (χ0n) is 17.6. The van der Waals surface area contributed by atoms with Gasteiger partial charge in [0.05, 0.1) is 28.2 Å². The molecule has 0 aliphatic heterocycles. The van der Waals surface area contributed by atoms with Crippen LogP contribution >= 0.6 is 34.2 Å². The van der Waals surface area contributed by atoms with Gasteiger partial charge in [0.15, 0.2) is 6.79 Å². The molecule has 0 N–H and O–H groups in total. The number of rotatable bonds is 8. The van der Waals surface area contributed by atoms with Crippen LogP contribution in [0.15, 0.2) is 12.1 Å². The maximum atomic E-state index is 12.0. The monoisotopic (exact) mass is 546 g/mol.